The molecule has 0 spiro atoms. The average molecular weight is 354 g/mol. The van der Waals surface area contributed by atoms with E-state index in [9.17, 15) is 8.78 Å². The van der Waals surface area contributed by atoms with Gasteiger partial charge in [-0.1, -0.05) is 31.5 Å². The third kappa shape index (κ3) is 4.03. The minimum absolute atomic E-state index is 0.101. The van der Waals surface area contributed by atoms with E-state index in [4.69, 9.17) is 0 Å². The summed E-state index contributed by atoms with van der Waals surface area (Å²) in [6, 6.07) is 12.4. The highest BCUT2D eigenvalue weighted by atomic mass is 79.9. The molecule has 0 aliphatic rings. The van der Waals surface area contributed by atoms with Crippen LogP contribution in [0.3, 0.4) is 0 Å². The van der Waals surface area contributed by atoms with E-state index in [2.05, 4.69) is 22.9 Å². The van der Waals surface area contributed by atoms with Crippen LogP contribution in [0.2, 0.25) is 0 Å². The molecule has 0 bridgehead atoms. The molecule has 21 heavy (non-hydrogen) atoms. The number of unbranched alkanes of at least 4 members (excludes halogenated alkanes) is 1. The van der Waals surface area contributed by atoms with Gasteiger partial charge >= 0.3 is 0 Å². The van der Waals surface area contributed by atoms with Gasteiger partial charge in [0.15, 0.2) is 0 Å². The van der Waals surface area contributed by atoms with Crippen LogP contribution in [0.4, 0.5) is 14.5 Å². The van der Waals surface area contributed by atoms with Gasteiger partial charge in [-0.3, -0.25) is 0 Å². The zero-order valence-corrected chi connectivity index (χ0v) is 13.5. The highest BCUT2D eigenvalue weighted by Crippen LogP contribution is 2.25. The topological polar surface area (TPSA) is 3.24 Å². The van der Waals surface area contributed by atoms with Gasteiger partial charge in [-0.25, -0.2) is 8.78 Å². The van der Waals surface area contributed by atoms with E-state index < -0.39 is 11.6 Å². The second-order valence-corrected chi connectivity index (χ2v) is 5.79. The summed E-state index contributed by atoms with van der Waals surface area (Å²) in [5, 5.41) is 0. The first-order valence-corrected chi connectivity index (χ1v) is 7.85. The molecule has 0 aliphatic carbocycles. The third-order valence-corrected chi connectivity index (χ3v) is 4.00. The number of anilines is 1. The second-order valence-electron chi connectivity index (χ2n) is 4.93. The maximum atomic E-state index is 14.1. The molecule has 0 amide bonds. The molecule has 0 aliphatic heterocycles. The molecule has 2 rings (SSSR count). The minimum atomic E-state index is -0.521. The van der Waals surface area contributed by atoms with Crippen LogP contribution >= 0.6 is 15.9 Å². The van der Waals surface area contributed by atoms with Crippen molar-refractivity contribution in [1.29, 1.82) is 0 Å². The van der Waals surface area contributed by atoms with E-state index in [1.54, 1.807) is 0 Å². The monoisotopic (exact) mass is 353 g/mol. The molecule has 0 heterocycles. The van der Waals surface area contributed by atoms with E-state index in [-0.39, 0.29) is 12.1 Å². The predicted octanol–water partition coefficient (Wildman–Crippen LogP) is 5.53. The average Bonchev–Trinajstić information content (AvgIpc) is 2.51. The van der Waals surface area contributed by atoms with E-state index in [1.807, 2.05) is 35.2 Å². The summed E-state index contributed by atoms with van der Waals surface area (Å²) < 4.78 is 28.4. The zero-order valence-electron chi connectivity index (χ0n) is 12.0. The van der Waals surface area contributed by atoms with Crippen molar-refractivity contribution in [3.8, 4) is 0 Å². The van der Waals surface area contributed by atoms with Crippen molar-refractivity contribution in [2.45, 2.75) is 26.3 Å². The van der Waals surface area contributed by atoms with Crippen LogP contribution in [0.5, 0.6) is 0 Å². The molecule has 2 aromatic carbocycles. The second kappa shape index (κ2) is 7.55. The Hall–Kier alpha value is -1.42. The van der Waals surface area contributed by atoms with Crippen molar-refractivity contribution in [2.75, 3.05) is 11.4 Å². The summed E-state index contributed by atoms with van der Waals surface area (Å²) in [5.74, 6) is -1.03. The smallest absolute Gasteiger partial charge is 0.145 e. The molecular weight excluding hydrogens is 336 g/mol. The van der Waals surface area contributed by atoms with E-state index in [1.165, 1.54) is 12.1 Å². The first-order valence-electron chi connectivity index (χ1n) is 7.06. The Morgan fingerprint density at radius 2 is 1.76 bits per heavy atom. The van der Waals surface area contributed by atoms with Crippen LogP contribution in [0.1, 0.15) is 25.3 Å². The highest BCUT2D eigenvalue weighted by Gasteiger charge is 2.16. The number of rotatable bonds is 6. The zero-order chi connectivity index (χ0) is 15.2. The molecule has 0 atom stereocenters. The maximum Gasteiger partial charge on any atom is 0.145 e. The highest BCUT2D eigenvalue weighted by molar-refractivity contribution is 9.10. The van der Waals surface area contributed by atoms with Crippen LogP contribution < -0.4 is 4.90 Å². The van der Waals surface area contributed by atoms with Crippen molar-refractivity contribution >= 4 is 21.6 Å². The van der Waals surface area contributed by atoms with Crippen LogP contribution in [-0.4, -0.2) is 6.54 Å². The number of nitrogens with zero attached hydrogens (tertiary/aromatic N) is 1. The van der Waals surface area contributed by atoms with Gasteiger partial charge in [0.2, 0.25) is 0 Å². The summed E-state index contributed by atoms with van der Waals surface area (Å²) in [7, 11) is 0. The lowest BCUT2D eigenvalue weighted by Gasteiger charge is -2.25. The molecule has 2 aromatic rings. The lowest BCUT2D eigenvalue weighted by molar-refractivity contribution is 0.544. The van der Waals surface area contributed by atoms with Gasteiger partial charge in [-0.05, 0) is 46.6 Å². The summed E-state index contributed by atoms with van der Waals surface area (Å²) >= 11 is 3.12. The molecule has 0 N–H and O–H groups in total. The standard InChI is InChI=1S/C17H18BrF2N/c1-2-3-11-21(13-7-5-4-6-8-13)12-14-16(19)10-9-15(18)17(14)20/h4-10H,2-3,11-12H2,1H3. The maximum absolute atomic E-state index is 14.1. The third-order valence-electron chi connectivity index (χ3n) is 3.39. The molecule has 0 radical (unpaired) electrons. The molecule has 0 fully saturated rings. The van der Waals surface area contributed by atoms with Crippen molar-refractivity contribution in [1.82, 2.24) is 0 Å². The molecule has 4 heteroatoms. The lowest BCUT2D eigenvalue weighted by atomic mass is 10.1. The fourth-order valence-electron chi connectivity index (χ4n) is 2.19. The largest absolute Gasteiger partial charge is 0.367 e. The molecule has 0 saturated heterocycles. The first-order chi connectivity index (χ1) is 10.1. The number of hydrogen-bond donors (Lipinski definition) is 0. The van der Waals surface area contributed by atoms with Gasteiger partial charge in [-0.2, -0.15) is 0 Å². The Balaban J connectivity index is 2.29. The number of benzene rings is 2. The molecular formula is C17H18BrF2N. The number of hydrogen-bond acceptors (Lipinski definition) is 1. The van der Waals surface area contributed by atoms with Gasteiger partial charge in [-0.15, -0.1) is 0 Å². The summed E-state index contributed by atoms with van der Waals surface area (Å²) in [5.41, 5.74) is 1.08. The quantitative estimate of drug-likeness (QED) is 0.616. The predicted molar refractivity (Wildman–Crippen MR) is 86.5 cm³/mol. The molecule has 1 nitrogen and oxygen atoms in total. The molecule has 0 unspecified atom stereocenters. The van der Waals surface area contributed by atoms with Gasteiger partial charge in [0.25, 0.3) is 0 Å². The molecule has 112 valence electrons. The normalized spacial score (nSPS) is 10.7. The van der Waals surface area contributed by atoms with Crippen molar-refractivity contribution < 1.29 is 8.78 Å². The van der Waals surface area contributed by atoms with E-state index >= 15 is 0 Å². The summed E-state index contributed by atoms with van der Waals surface area (Å²) in [4.78, 5) is 2.01. The van der Waals surface area contributed by atoms with Crippen LogP contribution in [0.15, 0.2) is 46.9 Å². The fraction of sp³-hybridized carbons (Fsp3) is 0.294. The Kier molecular flexibility index (Phi) is 5.74. The van der Waals surface area contributed by atoms with Crippen molar-refractivity contribution in [2.24, 2.45) is 0 Å². The van der Waals surface area contributed by atoms with E-state index in [0.29, 0.717) is 4.47 Å². The van der Waals surface area contributed by atoms with Crippen molar-refractivity contribution in [3.05, 3.63) is 64.1 Å². The Bertz CT molecular complexity index is 587. The summed E-state index contributed by atoms with van der Waals surface area (Å²) in [6.45, 7) is 3.09. The number of para-hydroxylation sites is 1. The van der Waals surface area contributed by atoms with E-state index in [0.717, 1.165) is 25.1 Å². The van der Waals surface area contributed by atoms with Crippen LogP contribution in [-0.2, 0) is 6.54 Å². The minimum Gasteiger partial charge on any atom is -0.367 e. The van der Waals surface area contributed by atoms with Crippen LogP contribution in [0.25, 0.3) is 0 Å². The molecule has 0 saturated carbocycles. The fourth-order valence-corrected chi connectivity index (χ4v) is 2.56. The number of halogens is 3. The van der Waals surface area contributed by atoms with Gasteiger partial charge in [0.1, 0.15) is 11.6 Å². The van der Waals surface area contributed by atoms with Gasteiger partial charge in [0.05, 0.1) is 4.47 Å². The molecule has 0 aromatic heterocycles. The SMILES string of the molecule is CCCCN(Cc1c(F)ccc(Br)c1F)c1ccccc1. The van der Waals surface area contributed by atoms with Crippen LogP contribution in [0, 0.1) is 11.6 Å². The van der Waals surface area contributed by atoms with Gasteiger partial charge < -0.3 is 4.90 Å². The Labute approximate surface area is 132 Å². The Morgan fingerprint density at radius 1 is 1.05 bits per heavy atom. The lowest BCUT2D eigenvalue weighted by Crippen LogP contribution is -2.25. The first kappa shape index (κ1) is 16.0. The Morgan fingerprint density at radius 3 is 2.43 bits per heavy atom. The van der Waals surface area contributed by atoms with Crippen molar-refractivity contribution in [3.63, 3.8) is 0 Å². The summed E-state index contributed by atoms with van der Waals surface area (Å²) in [6.07, 6.45) is 2.01. The van der Waals surface area contributed by atoms with Gasteiger partial charge in [0, 0.05) is 24.3 Å².